The Labute approximate surface area is 105 Å². The average molecular weight is 242 g/mol. The Bertz CT molecular complexity index is 221. The summed E-state index contributed by atoms with van der Waals surface area (Å²) < 4.78 is 5.12. The quantitative estimate of drug-likeness (QED) is 0.541. The Morgan fingerprint density at radius 3 is 2.88 bits per heavy atom. The number of hydrogen-bond acceptors (Lipinski definition) is 4. The van der Waals surface area contributed by atoms with Gasteiger partial charge in [0.25, 0.3) is 0 Å². The van der Waals surface area contributed by atoms with Crippen molar-refractivity contribution in [1.82, 2.24) is 10.2 Å². The van der Waals surface area contributed by atoms with Crippen LogP contribution in [0.25, 0.3) is 0 Å². The molecule has 0 bridgehead atoms. The summed E-state index contributed by atoms with van der Waals surface area (Å²) in [5.41, 5.74) is 0. The highest BCUT2D eigenvalue weighted by Crippen LogP contribution is 2.08. The summed E-state index contributed by atoms with van der Waals surface area (Å²) in [6.45, 7) is 8.22. The normalized spacial score (nSPS) is 21.4. The molecule has 17 heavy (non-hydrogen) atoms. The highest BCUT2D eigenvalue weighted by atomic mass is 16.5. The minimum absolute atomic E-state index is 0.0739. The number of carbonyl (C=O) groups excluding carboxylic acids is 1. The minimum Gasteiger partial charge on any atom is -0.465 e. The van der Waals surface area contributed by atoms with Crippen molar-refractivity contribution in [2.75, 3.05) is 32.8 Å². The van der Waals surface area contributed by atoms with Gasteiger partial charge >= 0.3 is 5.97 Å². The SMILES string of the molecule is CCCCCCN1CCNCC1C(=O)OCC. The first-order chi connectivity index (χ1) is 8.29. The zero-order valence-electron chi connectivity index (χ0n) is 11.2. The molecule has 0 aromatic carbocycles. The Morgan fingerprint density at radius 2 is 2.18 bits per heavy atom. The van der Waals surface area contributed by atoms with Crippen LogP contribution in [0.4, 0.5) is 0 Å². The largest absolute Gasteiger partial charge is 0.465 e. The molecule has 0 aromatic heterocycles. The second-order valence-corrected chi connectivity index (χ2v) is 4.57. The summed E-state index contributed by atoms with van der Waals surface area (Å²) in [5, 5.41) is 3.26. The first kappa shape index (κ1) is 14.5. The number of esters is 1. The van der Waals surface area contributed by atoms with Gasteiger partial charge < -0.3 is 10.1 Å². The van der Waals surface area contributed by atoms with Crippen LogP contribution in [0.1, 0.15) is 39.5 Å². The van der Waals surface area contributed by atoms with E-state index in [1.165, 1.54) is 25.7 Å². The van der Waals surface area contributed by atoms with Crippen LogP contribution in [0.2, 0.25) is 0 Å². The predicted molar refractivity (Wildman–Crippen MR) is 69.0 cm³/mol. The zero-order valence-corrected chi connectivity index (χ0v) is 11.2. The molecule has 1 rings (SSSR count). The second kappa shape index (κ2) is 8.48. The van der Waals surface area contributed by atoms with Crippen molar-refractivity contribution in [2.24, 2.45) is 0 Å². The lowest BCUT2D eigenvalue weighted by atomic mass is 10.1. The van der Waals surface area contributed by atoms with E-state index in [2.05, 4.69) is 17.1 Å². The number of hydrogen-bond donors (Lipinski definition) is 1. The highest BCUT2D eigenvalue weighted by Gasteiger charge is 2.28. The summed E-state index contributed by atoms with van der Waals surface area (Å²) in [6, 6.07) is -0.0784. The minimum atomic E-state index is -0.0784. The van der Waals surface area contributed by atoms with Crippen LogP contribution in [-0.2, 0) is 9.53 Å². The van der Waals surface area contributed by atoms with E-state index in [0.29, 0.717) is 6.61 Å². The van der Waals surface area contributed by atoms with E-state index >= 15 is 0 Å². The summed E-state index contributed by atoms with van der Waals surface area (Å²) >= 11 is 0. The molecule has 0 aromatic rings. The standard InChI is InChI=1S/C13H26N2O2/c1-3-5-6-7-9-15-10-8-14-11-12(15)13(16)17-4-2/h12,14H,3-11H2,1-2H3. The van der Waals surface area contributed by atoms with Crippen molar-refractivity contribution in [3.05, 3.63) is 0 Å². The molecule has 1 unspecified atom stereocenters. The molecule has 1 N–H and O–H groups in total. The van der Waals surface area contributed by atoms with Gasteiger partial charge in [0.15, 0.2) is 0 Å². The van der Waals surface area contributed by atoms with Gasteiger partial charge in [-0.1, -0.05) is 26.2 Å². The third kappa shape index (κ3) is 5.04. The van der Waals surface area contributed by atoms with Gasteiger partial charge in [-0.15, -0.1) is 0 Å². The number of carbonyl (C=O) groups is 1. The van der Waals surface area contributed by atoms with Crippen molar-refractivity contribution in [1.29, 1.82) is 0 Å². The third-order valence-corrected chi connectivity index (χ3v) is 3.21. The maximum atomic E-state index is 11.8. The number of unbranched alkanes of at least 4 members (excludes halogenated alkanes) is 3. The molecule has 0 amide bonds. The monoisotopic (exact) mass is 242 g/mol. The number of nitrogens with zero attached hydrogens (tertiary/aromatic N) is 1. The summed E-state index contributed by atoms with van der Waals surface area (Å²) in [6.07, 6.45) is 4.98. The van der Waals surface area contributed by atoms with Gasteiger partial charge in [-0.2, -0.15) is 0 Å². The van der Waals surface area contributed by atoms with Gasteiger partial charge in [0.1, 0.15) is 6.04 Å². The van der Waals surface area contributed by atoms with Crippen molar-refractivity contribution in [3.8, 4) is 0 Å². The number of ether oxygens (including phenoxy) is 1. The second-order valence-electron chi connectivity index (χ2n) is 4.57. The molecule has 1 heterocycles. The highest BCUT2D eigenvalue weighted by molar-refractivity contribution is 5.76. The van der Waals surface area contributed by atoms with Gasteiger partial charge in [0.05, 0.1) is 6.61 Å². The van der Waals surface area contributed by atoms with Gasteiger partial charge in [-0.25, -0.2) is 0 Å². The van der Waals surface area contributed by atoms with Crippen molar-refractivity contribution in [2.45, 2.75) is 45.6 Å². The molecule has 1 atom stereocenters. The van der Waals surface area contributed by atoms with Crippen LogP contribution in [-0.4, -0.2) is 49.7 Å². The molecular weight excluding hydrogens is 216 g/mol. The van der Waals surface area contributed by atoms with E-state index < -0.39 is 0 Å². The van der Waals surface area contributed by atoms with Crippen LogP contribution in [0, 0.1) is 0 Å². The molecule has 100 valence electrons. The first-order valence-corrected chi connectivity index (χ1v) is 6.91. The van der Waals surface area contributed by atoms with Crippen LogP contribution in [0.15, 0.2) is 0 Å². The predicted octanol–water partition coefficient (Wildman–Crippen LogP) is 1.40. The molecule has 1 saturated heterocycles. The molecule has 0 radical (unpaired) electrons. The molecule has 4 nitrogen and oxygen atoms in total. The smallest absolute Gasteiger partial charge is 0.324 e. The van der Waals surface area contributed by atoms with Gasteiger partial charge in [-0.3, -0.25) is 9.69 Å². The summed E-state index contributed by atoms with van der Waals surface area (Å²) in [7, 11) is 0. The average Bonchev–Trinajstić information content (AvgIpc) is 2.35. The number of piperazine rings is 1. The van der Waals surface area contributed by atoms with Gasteiger partial charge in [0, 0.05) is 19.6 Å². The molecule has 1 fully saturated rings. The van der Waals surface area contributed by atoms with Crippen LogP contribution in [0.5, 0.6) is 0 Å². The van der Waals surface area contributed by atoms with E-state index in [0.717, 1.165) is 26.2 Å². The molecule has 1 aliphatic rings. The fraction of sp³-hybridized carbons (Fsp3) is 0.923. The molecule has 1 aliphatic heterocycles. The Morgan fingerprint density at radius 1 is 1.35 bits per heavy atom. The van der Waals surface area contributed by atoms with Gasteiger partial charge in [-0.05, 0) is 19.9 Å². The zero-order chi connectivity index (χ0) is 12.5. The fourth-order valence-corrected chi connectivity index (χ4v) is 2.23. The molecular formula is C13H26N2O2. The summed E-state index contributed by atoms with van der Waals surface area (Å²) in [4.78, 5) is 14.1. The number of nitrogens with one attached hydrogen (secondary N) is 1. The van der Waals surface area contributed by atoms with Crippen molar-refractivity contribution < 1.29 is 9.53 Å². The van der Waals surface area contributed by atoms with Crippen LogP contribution in [0.3, 0.4) is 0 Å². The fourth-order valence-electron chi connectivity index (χ4n) is 2.23. The molecule has 0 aliphatic carbocycles. The van der Waals surface area contributed by atoms with Crippen molar-refractivity contribution >= 4 is 5.97 Å². The Balaban J connectivity index is 2.34. The third-order valence-electron chi connectivity index (χ3n) is 3.21. The lowest BCUT2D eigenvalue weighted by molar-refractivity contribution is -0.150. The lowest BCUT2D eigenvalue weighted by Gasteiger charge is -2.34. The first-order valence-electron chi connectivity index (χ1n) is 6.91. The van der Waals surface area contributed by atoms with E-state index in [-0.39, 0.29) is 12.0 Å². The van der Waals surface area contributed by atoms with Crippen LogP contribution >= 0.6 is 0 Å². The Hall–Kier alpha value is -0.610. The maximum absolute atomic E-state index is 11.8. The lowest BCUT2D eigenvalue weighted by Crippen LogP contribution is -2.55. The topological polar surface area (TPSA) is 41.6 Å². The van der Waals surface area contributed by atoms with E-state index in [9.17, 15) is 4.79 Å². The van der Waals surface area contributed by atoms with E-state index in [1.807, 2.05) is 6.92 Å². The maximum Gasteiger partial charge on any atom is 0.324 e. The summed E-state index contributed by atoms with van der Waals surface area (Å²) in [5.74, 6) is -0.0739. The van der Waals surface area contributed by atoms with E-state index in [1.54, 1.807) is 0 Å². The molecule has 0 spiro atoms. The Kier molecular flexibility index (Phi) is 7.21. The van der Waals surface area contributed by atoms with Crippen LogP contribution < -0.4 is 5.32 Å². The van der Waals surface area contributed by atoms with Gasteiger partial charge in [0.2, 0.25) is 0 Å². The molecule has 0 saturated carbocycles. The van der Waals surface area contributed by atoms with E-state index in [4.69, 9.17) is 4.74 Å². The van der Waals surface area contributed by atoms with Crippen molar-refractivity contribution in [3.63, 3.8) is 0 Å². The molecule has 4 heteroatoms. The number of rotatable bonds is 7.